The lowest BCUT2D eigenvalue weighted by atomic mass is 10.3. The fourth-order valence-corrected chi connectivity index (χ4v) is 1.18. The van der Waals surface area contributed by atoms with Crippen LogP contribution in [-0.2, 0) is 9.47 Å². The summed E-state index contributed by atoms with van der Waals surface area (Å²) in [6, 6.07) is 0. The molecule has 0 aliphatic carbocycles. The van der Waals surface area contributed by atoms with Crippen molar-refractivity contribution in [1.29, 1.82) is 0 Å². The van der Waals surface area contributed by atoms with Gasteiger partial charge in [-0.3, -0.25) is 0 Å². The van der Waals surface area contributed by atoms with E-state index in [-0.39, 0.29) is 12.4 Å². The Hall–Kier alpha value is 0.170. The Labute approximate surface area is 60.1 Å². The van der Waals surface area contributed by atoms with Crippen molar-refractivity contribution in [3.8, 4) is 0 Å². The maximum Gasteiger partial charge on any atom is 0.147 e. The van der Waals surface area contributed by atoms with Crippen LogP contribution in [0.25, 0.3) is 0 Å². The van der Waals surface area contributed by atoms with Gasteiger partial charge in [0.2, 0.25) is 0 Å². The molecule has 2 heterocycles. The molecule has 0 spiro atoms. The number of fused-ring (bicyclic) bond motifs is 1. The fourth-order valence-electron chi connectivity index (χ4n) is 1.18. The largest absolute Gasteiger partial charge is 0.348 e. The van der Waals surface area contributed by atoms with Gasteiger partial charge in [-0.1, -0.05) is 0 Å². The number of halogens is 1. The number of hydrogen-bond acceptors (Lipinski definition) is 3. The Bertz CT molecular complexity index is 81.0. The minimum absolute atomic E-state index is 0. The quantitative estimate of drug-likeness (QED) is 0.518. The highest BCUT2D eigenvalue weighted by atomic mass is 35.5. The van der Waals surface area contributed by atoms with Gasteiger partial charge in [-0.15, -0.1) is 12.4 Å². The van der Waals surface area contributed by atoms with E-state index in [1.54, 1.807) is 0 Å². The van der Waals surface area contributed by atoms with Crippen molar-refractivity contribution in [2.75, 3.05) is 19.9 Å². The maximum absolute atomic E-state index is 5.19. The summed E-state index contributed by atoms with van der Waals surface area (Å²) in [5.74, 6) is 0. The van der Waals surface area contributed by atoms with Gasteiger partial charge >= 0.3 is 0 Å². The Morgan fingerprint density at radius 3 is 2.22 bits per heavy atom. The van der Waals surface area contributed by atoms with Gasteiger partial charge in [-0.25, -0.2) is 0 Å². The molecule has 54 valence electrons. The predicted molar refractivity (Wildman–Crippen MR) is 34.7 cm³/mol. The third-order valence-electron chi connectivity index (χ3n) is 1.67. The van der Waals surface area contributed by atoms with E-state index in [4.69, 9.17) is 9.47 Å². The fraction of sp³-hybridized carbons (Fsp3) is 1.00. The molecule has 1 N–H and O–H groups in total. The van der Waals surface area contributed by atoms with E-state index in [1.165, 1.54) is 0 Å². The molecule has 0 saturated carbocycles. The van der Waals surface area contributed by atoms with Gasteiger partial charge in [0.05, 0.1) is 0 Å². The number of rotatable bonds is 0. The molecule has 2 atom stereocenters. The van der Waals surface area contributed by atoms with E-state index in [1.807, 2.05) is 0 Å². The third-order valence-corrected chi connectivity index (χ3v) is 1.67. The second kappa shape index (κ2) is 2.84. The zero-order chi connectivity index (χ0) is 5.40. The van der Waals surface area contributed by atoms with Crippen LogP contribution in [0.15, 0.2) is 0 Å². The van der Waals surface area contributed by atoms with Crippen molar-refractivity contribution in [2.24, 2.45) is 0 Å². The zero-order valence-electron chi connectivity index (χ0n) is 5.00. The van der Waals surface area contributed by atoms with Crippen molar-refractivity contribution in [2.45, 2.75) is 12.2 Å². The van der Waals surface area contributed by atoms with Crippen LogP contribution >= 0.6 is 12.4 Å². The zero-order valence-corrected chi connectivity index (χ0v) is 5.82. The minimum Gasteiger partial charge on any atom is -0.348 e. The molecule has 4 heteroatoms. The summed E-state index contributed by atoms with van der Waals surface area (Å²) in [7, 11) is 0. The van der Waals surface area contributed by atoms with Gasteiger partial charge in [0.1, 0.15) is 19.0 Å². The smallest absolute Gasteiger partial charge is 0.147 e. The number of nitrogens with one attached hydrogen (secondary N) is 1. The summed E-state index contributed by atoms with van der Waals surface area (Å²) < 4.78 is 10.4. The van der Waals surface area contributed by atoms with Crippen molar-refractivity contribution < 1.29 is 9.47 Å². The minimum atomic E-state index is 0. The Balaban J connectivity index is 0.000000405. The van der Waals surface area contributed by atoms with Crippen LogP contribution in [0.2, 0.25) is 0 Å². The summed E-state index contributed by atoms with van der Waals surface area (Å²) >= 11 is 0. The highest BCUT2D eigenvalue weighted by Gasteiger charge is 2.33. The van der Waals surface area contributed by atoms with Crippen molar-refractivity contribution in [3.05, 3.63) is 0 Å². The molecule has 2 aliphatic heterocycles. The summed E-state index contributed by atoms with van der Waals surface area (Å²) in [5.41, 5.74) is 0. The first-order chi connectivity index (χ1) is 3.97. The number of ether oxygens (including phenoxy) is 2. The van der Waals surface area contributed by atoms with E-state index >= 15 is 0 Å². The van der Waals surface area contributed by atoms with Gasteiger partial charge in [-0.05, 0) is 0 Å². The molecular weight excluding hydrogens is 142 g/mol. The molecule has 2 saturated heterocycles. The molecular formula is C5H10ClNO2. The van der Waals surface area contributed by atoms with E-state index in [0.717, 1.165) is 13.1 Å². The van der Waals surface area contributed by atoms with Crippen LogP contribution in [0.4, 0.5) is 0 Å². The topological polar surface area (TPSA) is 30.5 Å². The van der Waals surface area contributed by atoms with Crippen LogP contribution in [-0.4, -0.2) is 32.1 Å². The highest BCUT2D eigenvalue weighted by molar-refractivity contribution is 5.85. The molecule has 2 aliphatic rings. The first kappa shape index (κ1) is 7.28. The number of hydrogen-bond donors (Lipinski definition) is 1. The van der Waals surface area contributed by atoms with Crippen LogP contribution < -0.4 is 5.32 Å². The van der Waals surface area contributed by atoms with E-state index in [0.29, 0.717) is 19.0 Å². The lowest BCUT2D eigenvalue weighted by Gasteiger charge is -2.00. The predicted octanol–water partition coefficient (Wildman–Crippen LogP) is -0.247. The molecule has 0 aromatic heterocycles. The molecule has 2 fully saturated rings. The van der Waals surface area contributed by atoms with Crippen LogP contribution in [0.3, 0.4) is 0 Å². The van der Waals surface area contributed by atoms with Gasteiger partial charge in [0.15, 0.2) is 0 Å². The van der Waals surface area contributed by atoms with Gasteiger partial charge < -0.3 is 14.8 Å². The first-order valence-electron chi connectivity index (χ1n) is 2.91. The standard InChI is InChI=1S/C5H9NO2.ClH/c1-4-5(2-6-1)8-3-7-4;/h4-6H,1-3H2;1H/t4-,5+;. The first-order valence-corrected chi connectivity index (χ1v) is 2.91. The van der Waals surface area contributed by atoms with E-state index in [9.17, 15) is 0 Å². The van der Waals surface area contributed by atoms with Crippen LogP contribution in [0.5, 0.6) is 0 Å². The van der Waals surface area contributed by atoms with Crippen molar-refractivity contribution in [3.63, 3.8) is 0 Å². The molecule has 0 unspecified atom stereocenters. The van der Waals surface area contributed by atoms with Crippen molar-refractivity contribution in [1.82, 2.24) is 5.32 Å². The lowest BCUT2D eigenvalue weighted by Crippen LogP contribution is -2.18. The molecule has 0 bridgehead atoms. The summed E-state index contributed by atoms with van der Waals surface area (Å²) in [6.07, 6.45) is 0.685. The van der Waals surface area contributed by atoms with Gasteiger partial charge in [0.25, 0.3) is 0 Å². The normalized spacial score (nSPS) is 40.0. The molecule has 9 heavy (non-hydrogen) atoms. The average molecular weight is 152 g/mol. The van der Waals surface area contributed by atoms with Crippen LogP contribution in [0, 0.1) is 0 Å². The summed E-state index contributed by atoms with van der Waals surface area (Å²) in [6.45, 7) is 2.42. The maximum atomic E-state index is 5.19. The molecule has 0 aromatic rings. The monoisotopic (exact) mass is 151 g/mol. The Morgan fingerprint density at radius 1 is 1.11 bits per heavy atom. The average Bonchev–Trinajstić information content (AvgIpc) is 2.15. The Kier molecular flexibility index (Phi) is 2.29. The molecule has 3 nitrogen and oxygen atoms in total. The molecule has 0 radical (unpaired) electrons. The Morgan fingerprint density at radius 2 is 1.67 bits per heavy atom. The SMILES string of the molecule is C1O[C@H]2CNC[C@H]2O1.Cl. The lowest BCUT2D eigenvalue weighted by molar-refractivity contribution is 0.0324. The van der Waals surface area contributed by atoms with E-state index in [2.05, 4.69) is 5.32 Å². The van der Waals surface area contributed by atoms with Crippen molar-refractivity contribution >= 4 is 12.4 Å². The molecule has 2 rings (SSSR count). The second-order valence-electron chi connectivity index (χ2n) is 2.19. The molecule has 0 aromatic carbocycles. The third kappa shape index (κ3) is 1.19. The van der Waals surface area contributed by atoms with E-state index < -0.39 is 0 Å². The summed E-state index contributed by atoms with van der Waals surface area (Å²) in [5, 5.41) is 3.17. The highest BCUT2D eigenvalue weighted by Crippen LogP contribution is 2.15. The van der Waals surface area contributed by atoms with Gasteiger partial charge in [0, 0.05) is 13.1 Å². The molecule has 0 amide bonds. The van der Waals surface area contributed by atoms with Gasteiger partial charge in [-0.2, -0.15) is 0 Å². The second-order valence-corrected chi connectivity index (χ2v) is 2.19. The summed E-state index contributed by atoms with van der Waals surface area (Å²) in [4.78, 5) is 0. The van der Waals surface area contributed by atoms with Crippen LogP contribution in [0.1, 0.15) is 0 Å².